The third-order valence-electron chi connectivity index (χ3n) is 1.90. The maximum atomic E-state index is 7.16. The first-order valence-electron chi connectivity index (χ1n) is 4.76. The van der Waals surface area contributed by atoms with Crippen LogP contribution in [0.3, 0.4) is 0 Å². The number of benzene rings is 1. The van der Waals surface area contributed by atoms with Crippen LogP contribution < -0.4 is 15.2 Å². The van der Waals surface area contributed by atoms with Crippen LogP contribution in [0.1, 0.15) is 13.3 Å². The van der Waals surface area contributed by atoms with Gasteiger partial charge in [-0.05, 0) is 19.1 Å². The Morgan fingerprint density at radius 1 is 1.40 bits per heavy atom. The van der Waals surface area contributed by atoms with Crippen molar-refractivity contribution in [3.63, 3.8) is 0 Å². The molecule has 0 aliphatic heterocycles. The predicted octanol–water partition coefficient (Wildman–Crippen LogP) is 1.79. The van der Waals surface area contributed by atoms with E-state index in [4.69, 9.17) is 20.6 Å². The van der Waals surface area contributed by atoms with Crippen LogP contribution in [0.2, 0.25) is 0 Å². The monoisotopic (exact) mass is 208 g/mol. The minimum absolute atomic E-state index is 0.123. The van der Waals surface area contributed by atoms with Crippen LogP contribution in [0.25, 0.3) is 0 Å². The minimum atomic E-state index is -0.126. The Balaban J connectivity index is 2.67. The van der Waals surface area contributed by atoms with Gasteiger partial charge in [-0.3, -0.25) is 5.41 Å². The molecule has 0 aromatic heterocycles. The molecule has 3 N–H and O–H groups in total. The number of hydrogen-bond donors (Lipinski definition) is 2. The quantitative estimate of drug-likeness (QED) is 0.572. The summed E-state index contributed by atoms with van der Waals surface area (Å²) >= 11 is 0. The zero-order chi connectivity index (χ0) is 11.3. The van der Waals surface area contributed by atoms with Crippen molar-refractivity contribution < 1.29 is 9.47 Å². The number of para-hydroxylation sites is 2. The van der Waals surface area contributed by atoms with Gasteiger partial charge in [0.2, 0.25) is 0 Å². The van der Waals surface area contributed by atoms with Gasteiger partial charge in [-0.15, -0.1) is 0 Å². The lowest BCUT2D eigenvalue weighted by atomic mass is 10.2. The van der Waals surface area contributed by atoms with Gasteiger partial charge in [-0.25, -0.2) is 0 Å². The molecule has 0 aliphatic carbocycles. The molecule has 15 heavy (non-hydrogen) atoms. The number of nitrogens with one attached hydrogen (secondary N) is 1. The molecule has 4 heteroatoms. The number of rotatable bonds is 5. The van der Waals surface area contributed by atoms with Crippen molar-refractivity contribution in [2.75, 3.05) is 7.11 Å². The zero-order valence-electron chi connectivity index (χ0n) is 8.99. The van der Waals surface area contributed by atoms with Crippen LogP contribution in [0.4, 0.5) is 0 Å². The molecule has 0 saturated heterocycles. The van der Waals surface area contributed by atoms with E-state index in [0.717, 1.165) is 0 Å². The zero-order valence-corrected chi connectivity index (χ0v) is 8.99. The fourth-order valence-corrected chi connectivity index (χ4v) is 1.28. The molecule has 0 aliphatic rings. The van der Waals surface area contributed by atoms with Crippen LogP contribution in [-0.4, -0.2) is 19.0 Å². The second-order valence-corrected chi connectivity index (χ2v) is 3.31. The number of methoxy groups -OCH3 is 1. The third kappa shape index (κ3) is 3.50. The average molecular weight is 208 g/mol. The highest BCUT2D eigenvalue weighted by molar-refractivity contribution is 5.77. The van der Waals surface area contributed by atoms with Gasteiger partial charge in [-0.1, -0.05) is 12.1 Å². The van der Waals surface area contributed by atoms with Gasteiger partial charge in [-0.2, -0.15) is 0 Å². The third-order valence-corrected chi connectivity index (χ3v) is 1.90. The molecule has 1 atom stereocenters. The number of ether oxygens (including phenoxy) is 2. The first-order valence-corrected chi connectivity index (χ1v) is 4.76. The smallest absolute Gasteiger partial charge is 0.161 e. The maximum Gasteiger partial charge on any atom is 0.161 e. The van der Waals surface area contributed by atoms with E-state index in [0.29, 0.717) is 17.9 Å². The van der Waals surface area contributed by atoms with E-state index < -0.39 is 0 Å². The molecular weight excluding hydrogens is 192 g/mol. The van der Waals surface area contributed by atoms with Crippen LogP contribution in [-0.2, 0) is 0 Å². The molecule has 0 saturated carbocycles. The Morgan fingerprint density at radius 3 is 2.53 bits per heavy atom. The summed E-state index contributed by atoms with van der Waals surface area (Å²) in [5.74, 6) is 1.49. The molecule has 1 aromatic rings. The largest absolute Gasteiger partial charge is 0.493 e. The fraction of sp³-hybridized carbons (Fsp3) is 0.364. The molecule has 0 fully saturated rings. The van der Waals surface area contributed by atoms with E-state index >= 15 is 0 Å². The number of nitrogens with two attached hydrogens (primary N) is 1. The summed E-state index contributed by atoms with van der Waals surface area (Å²) in [5, 5.41) is 7.16. The molecule has 0 heterocycles. The van der Waals surface area contributed by atoms with E-state index in [-0.39, 0.29) is 11.9 Å². The molecule has 0 spiro atoms. The predicted molar refractivity (Wildman–Crippen MR) is 59.6 cm³/mol. The van der Waals surface area contributed by atoms with E-state index in [1.54, 1.807) is 7.11 Å². The number of hydrogen-bond acceptors (Lipinski definition) is 3. The van der Waals surface area contributed by atoms with Crippen LogP contribution in [0.5, 0.6) is 11.5 Å². The van der Waals surface area contributed by atoms with Crippen LogP contribution in [0.15, 0.2) is 24.3 Å². The molecule has 4 nitrogen and oxygen atoms in total. The van der Waals surface area contributed by atoms with Crippen molar-refractivity contribution in [2.24, 2.45) is 5.73 Å². The van der Waals surface area contributed by atoms with Crippen molar-refractivity contribution in [3.05, 3.63) is 24.3 Å². The molecule has 1 unspecified atom stereocenters. The molecule has 0 radical (unpaired) electrons. The van der Waals surface area contributed by atoms with E-state index in [2.05, 4.69) is 0 Å². The summed E-state index contributed by atoms with van der Waals surface area (Å²) in [6, 6.07) is 7.41. The first-order chi connectivity index (χ1) is 7.13. The topological polar surface area (TPSA) is 68.3 Å². The van der Waals surface area contributed by atoms with Gasteiger partial charge in [0, 0.05) is 6.42 Å². The highest BCUT2D eigenvalue weighted by atomic mass is 16.5. The minimum Gasteiger partial charge on any atom is -0.493 e. The first kappa shape index (κ1) is 11.4. The Kier molecular flexibility index (Phi) is 3.97. The Hall–Kier alpha value is -1.71. The fourth-order valence-electron chi connectivity index (χ4n) is 1.28. The van der Waals surface area contributed by atoms with Gasteiger partial charge in [0.1, 0.15) is 6.10 Å². The van der Waals surface area contributed by atoms with Crippen LogP contribution in [0, 0.1) is 5.41 Å². The summed E-state index contributed by atoms with van der Waals surface area (Å²) in [5.41, 5.74) is 5.29. The SMILES string of the molecule is COc1ccccc1OC(C)CC(=N)N. The Morgan fingerprint density at radius 2 is 2.00 bits per heavy atom. The molecule has 82 valence electrons. The summed E-state index contributed by atoms with van der Waals surface area (Å²) in [6.07, 6.45) is 0.289. The molecule has 0 bridgehead atoms. The lowest BCUT2D eigenvalue weighted by Gasteiger charge is -2.15. The molecule has 1 rings (SSSR count). The second-order valence-electron chi connectivity index (χ2n) is 3.31. The van der Waals surface area contributed by atoms with Gasteiger partial charge in [0.05, 0.1) is 12.9 Å². The average Bonchev–Trinajstić information content (AvgIpc) is 2.17. The summed E-state index contributed by atoms with van der Waals surface area (Å²) < 4.78 is 10.7. The van der Waals surface area contributed by atoms with E-state index in [1.165, 1.54) is 0 Å². The van der Waals surface area contributed by atoms with Crippen molar-refractivity contribution in [1.82, 2.24) is 0 Å². The second kappa shape index (κ2) is 5.24. The highest BCUT2D eigenvalue weighted by Crippen LogP contribution is 2.27. The van der Waals surface area contributed by atoms with Crippen molar-refractivity contribution in [2.45, 2.75) is 19.4 Å². The number of amidine groups is 1. The van der Waals surface area contributed by atoms with Gasteiger partial charge in [0.15, 0.2) is 11.5 Å². The maximum absolute atomic E-state index is 7.16. The normalized spacial score (nSPS) is 11.9. The van der Waals surface area contributed by atoms with E-state index in [9.17, 15) is 0 Å². The Labute approximate surface area is 89.5 Å². The van der Waals surface area contributed by atoms with Crippen molar-refractivity contribution >= 4 is 5.84 Å². The molecule has 1 aromatic carbocycles. The molecule has 0 amide bonds. The highest BCUT2D eigenvalue weighted by Gasteiger charge is 2.08. The van der Waals surface area contributed by atoms with Crippen LogP contribution >= 0.6 is 0 Å². The standard InChI is InChI=1S/C11H16N2O2/c1-8(7-11(12)13)15-10-6-4-3-5-9(10)14-2/h3-6,8H,7H2,1-2H3,(H3,12,13). The summed E-state index contributed by atoms with van der Waals surface area (Å²) in [6.45, 7) is 1.87. The Bertz CT molecular complexity index is 339. The van der Waals surface area contributed by atoms with Gasteiger partial charge < -0.3 is 15.2 Å². The van der Waals surface area contributed by atoms with Gasteiger partial charge >= 0.3 is 0 Å². The van der Waals surface area contributed by atoms with Gasteiger partial charge in [0.25, 0.3) is 0 Å². The van der Waals surface area contributed by atoms with Crippen molar-refractivity contribution in [1.29, 1.82) is 5.41 Å². The van der Waals surface area contributed by atoms with E-state index in [1.807, 2.05) is 31.2 Å². The summed E-state index contributed by atoms with van der Waals surface area (Å²) in [4.78, 5) is 0. The van der Waals surface area contributed by atoms with Crippen molar-refractivity contribution in [3.8, 4) is 11.5 Å². The lowest BCUT2D eigenvalue weighted by Crippen LogP contribution is -2.21. The lowest BCUT2D eigenvalue weighted by molar-refractivity contribution is 0.218. The molecular formula is C11H16N2O2. The summed E-state index contributed by atoms with van der Waals surface area (Å²) in [7, 11) is 1.60.